The molecule has 1 saturated carbocycles. The molecule has 0 saturated heterocycles. The minimum atomic E-state index is 0.703. The van der Waals surface area contributed by atoms with Crippen LogP contribution in [0.25, 0.3) is 0 Å². The summed E-state index contributed by atoms with van der Waals surface area (Å²) in [4.78, 5) is 0. The molecule has 0 bridgehead atoms. The molecule has 0 aliphatic heterocycles. The van der Waals surface area contributed by atoms with Crippen LogP contribution in [0.5, 0.6) is 5.75 Å². The number of aromatic nitrogens is 1. The molecule has 0 spiro atoms. The fraction of sp³-hybridized carbons (Fsp3) is 0.375. The molecule has 1 N–H and O–H groups in total. The molecular formula is C16H20N2O. The summed E-state index contributed by atoms with van der Waals surface area (Å²) in [6.07, 6.45) is 4.79. The molecular weight excluding hydrogens is 236 g/mol. The second-order valence-electron chi connectivity index (χ2n) is 5.01. The summed E-state index contributed by atoms with van der Waals surface area (Å²) < 4.78 is 7.99. The SMILES string of the molecule is c1ccc(OCCn2cccc2CNC2CC2)cc1. The molecule has 1 aliphatic rings. The first-order chi connectivity index (χ1) is 9.42. The Morgan fingerprint density at radius 1 is 1.11 bits per heavy atom. The van der Waals surface area contributed by atoms with E-state index in [1.807, 2.05) is 30.3 Å². The van der Waals surface area contributed by atoms with Crippen molar-refractivity contribution >= 4 is 0 Å². The van der Waals surface area contributed by atoms with E-state index in [2.05, 4.69) is 28.2 Å². The van der Waals surface area contributed by atoms with E-state index < -0.39 is 0 Å². The summed E-state index contributed by atoms with van der Waals surface area (Å²) in [5, 5.41) is 3.55. The highest BCUT2D eigenvalue weighted by molar-refractivity contribution is 5.20. The average Bonchev–Trinajstić information content (AvgIpc) is 3.17. The van der Waals surface area contributed by atoms with Crippen LogP contribution in [0.15, 0.2) is 48.7 Å². The lowest BCUT2D eigenvalue weighted by molar-refractivity contribution is 0.296. The Bertz CT molecular complexity index is 502. The first-order valence-corrected chi connectivity index (χ1v) is 6.97. The topological polar surface area (TPSA) is 26.2 Å². The van der Waals surface area contributed by atoms with Gasteiger partial charge < -0.3 is 14.6 Å². The zero-order valence-corrected chi connectivity index (χ0v) is 11.1. The molecule has 0 amide bonds. The van der Waals surface area contributed by atoms with Gasteiger partial charge in [-0.1, -0.05) is 18.2 Å². The number of para-hydroxylation sites is 1. The van der Waals surface area contributed by atoms with Crippen LogP contribution in [0, 0.1) is 0 Å². The molecule has 1 aromatic carbocycles. The standard InChI is InChI=1S/C16H20N2O/c1-2-6-16(7-3-1)19-12-11-18-10-4-5-15(18)13-17-14-8-9-14/h1-7,10,14,17H,8-9,11-13H2. The molecule has 0 unspecified atom stereocenters. The Labute approximate surface area is 114 Å². The quantitative estimate of drug-likeness (QED) is 0.824. The van der Waals surface area contributed by atoms with Crippen molar-refractivity contribution in [1.82, 2.24) is 9.88 Å². The highest BCUT2D eigenvalue weighted by Crippen LogP contribution is 2.19. The van der Waals surface area contributed by atoms with Crippen molar-refractivity contribution in [3.63, 3.8) is 0 Å². The van der Waals surface area contributed by atoms with Crippen molar-refractivity contribution in [2.45, 2.75) is 32.0 Å². The van der Waals surface area contributed by atoms with Gasteiger partial charge in [-0.15, -0.1) is 0 Å². The van der Waals surface area contributed by atoms with Crippen molar-refractivity contribution in [3.05, 3.63) is 54.4 Å². The second kappa shape index (κ2) is 5.93. The number of ether oxygens (including phenoxy) is 1. The number of nitrogens with one attached hydrogen (secondary N) is 1. The molecule has 3 nitrogen and oxygen atoms in total. The normalized spacial score (nSPS) is 14.5. The molecule has 1 heterocycles. The minimum absolute atomic E-state index is 0.703. The molecule has 0 atom stereocenters. The zero-order valence-electron chi connectivity index (χ0n) is 11.1. The molecule has 100 valence electrons. The van der Waals surface area contributed by atoms with E-state index in [1.54, 1.807) is 0 Å². The Kier molecular flexibility index (Phi) is 3.84. The molecule has 1 aliphatic carbocycles. The third-order valence-corrected chi connectivity index (χ3v) is 3.42. The molecule has 2 aromatic rings. The minimum Gasteiger partial charge on any atom is -0.492 e. The van der Waals surface area contributed by atoms with Crippen LogP contribution in [0.1, 0.15) is 18.5 Å². The summed E-state index contributed by atoms with van der Waals surface area (Å²) in [5.74, 6) is 0.937. The maximum atomic E-state index is 5.73. The van der Waals surface area contributed by atoms with Gasteiger partial charge in [0.25, 0.3) is 0 Å². The van der Waals surface area contributed by atoms with E-state index in [0.29, 0.717) is 6.61 Å². The number of rotatable bonds is 7. The Morgan fingerprint density at radius 2 is 1.95 bits per heavy atom. The molecule has 0 radical (unpaired) electrons. The van der Waals surface area contributed by atoms with Gasteiger partial charge in [0, 0.05) is 24.5 Å². The van der Waals surface area contributed by atoms with Gasteiger partial charge in [0.15, 0.2) is 0 Å². The van der Waals surface area contributed by atoms with Gasteiger partial charge in [-0.2, -0.15) is 0 Å². The van der Waals surface area contributed by atoms with Crippen LogP contribution < -0.4 is 10.1 Å². The maximum absolute atomic E-state index is 5.73. The predicted molar refractivity (Wildman–Crippen MR) is 76.2 cm³/mol. The molecule has 19 heavy (non-hydrogen) atoms. The largest absolute Gasteiger partial charge is 0.492 e. The van der Waals surface area contributed by atoms with E-state index >= 15 is 0 Å². The van der Waals surface area contributed by atoms with Gasteiger partial charge in [-0.25, -0.2) is 0 Å². The van der Waals surface area contributed by atoms with Gasteiger partial charge in [0.1, 0.15) is 12.4 Å². The molecule has 3 heteroatoms. The molecule has 1 fully saturated rings. The molecule has 3 rings (SSSR count). The fourth-order valence-electron chi connectivity index (χ4n) is 2.14. The van der Waals surface area contributed by atoms with E-state index in [4.69, 9.17) is 4.74 Å². The van der Waals surface area contributed by atoms with Crippen molar-refractivity contribution in [2.75, 3.05) is 6.61 Å². The third kappa shape index (κ3) is 3.61. The van der Waals surface area contributed by atoms with Crippen LogP contribution in [0.4, 0.5) is 0 Å². The Hall–Kier alpha value is -1.74. The summed E-state index contributed by atoms with van der Waals surface area (Å²) in [6.45, 7) is 2.56. The van der Waals surface area contributed by atoms with Crippen LogP contribution in [-0.4, -0.2) is 17.2 Å². The number of hydrogen-bond acceptors (Lipinski definition) is 2. The van der Waals surface area contributed by atoms with Gasteiger partial charge in [0.05, 0.1) is 6.54 Å². The van der Waals surface area contributed by atoms with Crippen molar-refractivity contribution in [1.29, 1.82) is 0 Å². The predicted octanol–water partition coefficient (Wildman–Crippen LogP) is 2.82. The average molecular weight is 256 g/mol. The van der Waals surface area contributed by atoms with Crippen molar-refractivity contribution in [3.8, 4) is 5.75 Å². The highest BCUT2D eigenvalue weighted by Gasteiger charge is 2.20. The Morgan fingerprint density at radius 3 is 2.74 bits per heavy atom. The fourth-order valence-corrected chi connectivity index (χ4v) is 2.14. The van der Waals surface area contributed by atoms with Gasteiger partial charge in [-0.05, 0) is 37.1 Å². The van der Waals surface area contributed by atoms with Crippen molar-refractivity contribution < 1.29 is 4.74 Å². The first kappa shape index (κ1) is 12.3. The first-order valence-electron chi connectivity index (χ1n) is 6.97. The van der Waals surface area contributed by atoms with Gasteiger partial charge >= 0.3 is 0 Å². The van der Waals surface area contributed by atoms with E-state index in [1.165, 1.54) is 18.5 Å². The van der Waals surface area contributed by atoms with Crippen LogP contribution in [0.2, 0.25) is 0 Å². The number of nitrogens with zero attached hydrogens (tertiary/aromatic N) is 1. The monoisotopic (exact) mass is 256 g/mol. The van der Waals surface area contributed by atoms with E-state index in [-0.39, 0.29) is 0 Å². The van der Waals surface area contributed by atoms with Crippen LogP contribution in [0.3, 0.4) is 0 Å². The zero-order chi connectivity index (χ0) is 12.9. The maximum Gasteiger partial charge on any atom is 0.119 e. The van der Waals surface area contributed by atoms with E-state index in [9.17, 15) is 0 Å². The Balaban J connectivity index is 1.47. The summed E-state index contributed by atoms with van der Waals surface area (Å²) >= 11 is 0. The van der Waals surface area contributed by atoms with Crippen LogP contribution in [-0.2, 0) is 13.1 Å². The van der Waals surface area contributed by atoms with Crippen LogP contribution >= 0.6 is 0 Å². The lowest BCUT2D eigenvalue weighted by Gasteiger charge is -2.11. The van der Waals surface area contributed by atoms with Gasteiger partial charge in [-0.3, -0.25) is 0 Å². The number of hydrogen-bond donors (Lipinski definition) is 1. The molecule has 1 aromatic heterocycles. The highest BCUT2D eigenvalue weighted by atomic mass is 16.5. The third-order valence-electron chi connectivity index (χ3n) is 3.42. The number of benzene rings is 1. The smallest absolute Gasteiger partial charge is 0.119 e. The second-order valence-corrected chi connectivity index (χ2v) is 5.01. The lowest BCUT2D eigenvalue weighted by atomic mass is 10.3. The summed E-state index contributed by atoms with van der Waals surface area (Å²) in [5.41, 5.74) is 1.34. The van der Waals surface area contributed by atoms with Gasteiger partial charge in [0.2, 0.25) is 0 Å². The summed E-state index contributed by atoms with van der Waals surface area (Å²) in [7, 11) is 0. The van der Waals surface area contributed by atoms with Crippen molar-refractivity contribution in [2.24, 2.45) is 0 Å². The lowest BCUT2D eigenvalue weighted by Crippen LogP contribution is -2.19. The summed E-state index contributed by atoms with van der Waals surface area (Å²) in [6, 6.07) is 15.0. The van der Waals surface area contributed by atoms with E-state index in [0.717, 1.165) is 24.9 Å².